The second-order valence-electron chi connectivity index (χ2n) is 4.09. The standard InChI is InChI=1S/C14H16IN3O2/c1-4-9-11(15)13(16)18-14(17-9)8-6-5-7-10(19-2)12(8)20-3/h5-7H,4H2,1-3H3,(H2,16,17,18). The first kappa shape index (κ1) is 14.8. The molecule has 5 nitrogen and oxygen atoms in total. The van der Waals surface area contributed by atoms with E-state index in [-0.39, 0.29) is 0 Å². The smallest absolute Gasteiger partial charge is 0.171 e. The molecule has 0 radical (unpaired) electrons. The number of aryl methyl sites for hydroxylation is 1. The van der Waals surface area contributed by atoms with Gasteiger partial charge in [-0.15, -0.1) is 0 Å². The molecule has 0 aliphatic rings. The van der Waals surface area contributed by atoms with Crippen LogP contribution in [0.15, 0.2) is 18.2 Å². The number of nitrogen functional groups attached to an aromatic ring is 1. The maximum atomic E-state index is 5.97. The number of aromatic nitrogens is 2. The second kappa shape index (κ2) is 6.25. The molecule has 0 bridgehead atoms. The van der Waals surface area contributed by atoms with Crippen molar-refractivity contribution in [2.45, 2.75) is 13.3 Å². The first-order chi connectivity index (χ1) is 9.62. The Hall–Kier alpha value is -1.57. The predicted octanol–water partition coefficient (Wildman–Crippen LogP) is 2.91. The molecule has 0 fully saturated rings. The highest BCUT2D eigenvalue weighted by atomic mass is 127. The van der Waals surface area contributed by atoms with Crippen LogP contribution in [0, 0.1) is 3.57 Å². The zero-order valence-corrected chi connectivity index (χ0v) is 13.8. The third-order valence-electron chi connectivity index (χ3n) is 2.92. The summed E-state index contributed by atoms with van der Waals surface area (Å²) in [5.74, 6) is 2.29. The van der Waals surface area contributed by atoms with Gasteiger partial charge in [-0.05, 0) is 41.1 Å². The van der Waals surface area contributed by atoms with Crippen LogP contribution >= 0.6 is 22.6 Å². The SMILES string of the molecule is CCc1nc(-c2cccc(OC)c2OC)nc(N)c1I. The van der Waals surface area contributed by atoms with Crippen molar-refractivity contribution in [3.8, 4) is 22.9 Å². The average Bonchev–Trinajstić information content (AvgIpc) is 2.48. The van der Waals surface area contributed by atoms with E-state index >= 15 is 0 Å². The van der Waals surface area contributed by atoms with E-state index in [1.54, 1.807) is 14.2 Å². The van der Waals surface area contributed by atoms with Crippen molar-refractivity contribution in [1.82, 2.24) is 9.97 Å². The van der Waals surface area contributed by atoms with Gasteiger partial charge in [0.2, 0.25) is 0 Å². The average molecular weight is 385 g/mol. The molecule has 1 aromatic carbocycles. The van der Waals surface area contributed by atoms with E-state index in [1.807, 2.05) is 25.1 Å². The van der Waals surface area contributed by atoms with Gasteiger partial charge >= 0.3 is 0 Å². The summed E-state index contributed by atoms with van der Waals surface area (Å²) in [6, 6.07) is 5.60. The Balaban J connectivity index is 2.65. The minimum absolute atomic E-state index is 0.484. The molecule has 0 aliphatic carbocycles. The zero-order valence-electron chi connectivity index (χ0n) is 11.6. The van der Waals surface area contributed by atoms with Gasteiger partial charge in [0.15, 0.2) is 17.3 Å². The molecule has 0 aliphatic heterocycles. The molecule has 2 aromatic rings. The number of methoxy groups -OCH3 is 2. The quantitative estimate of drug-likeness (QED) is 0.820. The molecule has 0 atom stereocenters. The summed E-state index contributed by atoms with van der Waals surface area (Å²) in [5.41, 5.74) is 7.66. The van der Waals surface area contributed by atoms with Crippen molar-refractivity contribution in [3.05, 3.63) is 27.5 Å². The summed E-state index contributed by atoms with van der Waals surface area (Å²) in [4.78, 5) is 8.93. The molecule has 20 heavy (non-hydrogen) atoms. The number of nitrogens with two attached hydrogens (primary N) is 1. The Bertz CT molecular complexity index is 632. The molecule has 0 spiro atoms. The van der Waals surface area contributed by atoms with Gasteiger partial charge in [-0.1, -0.05) is 13.0 Å². The van der Waals surface area contributed by atoms with Crippen LogP contribution in [-0.2, 0) is 6.42 Å². The van der Waals surface area contributed by atoms with Gasteiger partial charge in [-0.3, -0.25) is 0 Å². The molecule has 0 saturated carbocycles. The monoisotopic (exact) mass is 385 g/mol. The van der Waals surface area contributed by atoms with Crippen LogP contribution in [0.4, 0.5) is 5.82 Å². The van der Waals surface area contributed by atoms with Crippen molar-refractivity contribution in [2.24, 2.45) is 0 Å². The normalized spacial score (nSPS) is 10.4. The summed E-state index contributed by atoms with van der Waals surface area (Å²) >= 11 is 2.17. The zero-order chi connectivity index (χ0) is 14.7. The van der Waals surface area contributed by atoms with Crippen LogP contribution in [-0.4, -0.2) is 24.2 Å². The molecule has 1 aromatic heterocycles. The van der Waals surface area contributed by atoms with E-state index in [4.69, 9.17) is 15.2 Å². The van der Waals surface area contributed by atoms with Gasteiger partial charge < -0.3 is 15.2 Å². The van der Waals surface area contributed by atoms with Crippen LogP contribution in [0.1, 0.15) is 12.6 Å². The summed E-state index contributed by atoms with van der Waals surface area (Å²) in [7, 11) is 3.19. The van der Waals surface area contributed by atoms with Crippen molar-refractivity contribution < 1.29 is 9.47 Å². The highest BCUT2D eigenvalue weighted by Gasteiger charge is 2.16. The predicted molar refractivity (Wildman–Crippen MR) is 87.1 cm³/mol. The number of hydrogen-bond acceptors (Lipinski definition) is 5. The van der Waals surface area contributed by atoms with Crippen LogP contribution in [0.5, 0.6) is 11.5 Å². The third kappa shape index (κ3) is 2.65. The lowest BCUT2D eigenvalue weighted by Crippen LogP contribution is -2.05. The Morgan fingerprint density at radius 1 is 1.20 bits per heavy atom. The van der Waals surface area contributed by atoms with Crippen molar-refractivity contribution >= 4 is 28.4 Å². The lowest BCUT2D eigenvalue weighted by molar-refractivity contribution is 0.356. The van der Waals surface area contributed by atoms with Crippen molar-refractivity contribution in [3.63, 3.8) is 0 Å². The Morgan fingerprint density at radius 3 is 2.55 bits per heavy atom. The first-order valence-corrected chi connectivity index (χ1v) is 7.23. The molecule has 2 rings (SSSR count). The summed E-state index contributed by atoms with van der Waals surface area (Å²) in [6.45, 7) is 2.04. The van der Waals surface area contributed by atoms with Gasteiger partial charge in [0.25, 0.3) is 0 Å². The molecule has 2 N–H and O–H groups in total. The number of nitrogens with zero attached hydrogens (tertiary/aromatic N) is 2. The van der Waals surface area contributed by atoms with E-state index in [1.165, 1.54) is 0 Å². The lowest BCUT2D eigenvalue weighted by atomic mass is 10.1. The second-order valence-corrected chi connectivity index (χ2v) is 5.17. The molecule has 0 saturated heterocycles. The Kier molecular flexibility index (Phi) is 4.64. The van der Waals surface area contributed by atoms with E-state index in [0.717, 1.165) is 21.2 Å². The number of rotatable bonds is 4. The van der Waals surface area contributed by atoms with E-state index in [9.17, 15) is 0 Å². The van der Waals surface area contributed by atoms with Gasteiger partial charge in [-0.25, -0.2) is 9.97 Å². The first-order valence-electron chi connectivity index (χ1n) is 6.15. The minimum Gasteiger partial charge on any atom is -0.493 e. The van der Waals surface area contributed by atoms with Crippen molar-refractivity contribution in [1.29, 1.82) is 0 Å². The highest BCUT2D eigenvalue weighted by molar-refractivity contribution is 14.1. The third-order valence-corrected chi connectivity index (χ3v) is 4.10. The molecular weight excluding hydrogens is 369 g/mol. The van der Waals surface area contributed by atoms with Crippen LogP contribution < -0.4 is 15.2 Å². The maximum Gasteiger partial charge on any atom is 0.171 e. The fourth-order valence-corrected chi connectivity index (χ4v) is 2.55. The van der Waals surface area contributed by atoms with Gasteiger partial charge in [0.1, 0.15) is 5.82 Å². The molecule has 6 heteroatoms. The van der Waals surface area contributed by atoms with Crippen LogP contribution in [0.25, 0.3) is 11.4 Å². The fourth-order valence-electron chi connectivity index (χ4n) is 1.93. The summed E-state index contributed by atoms with van der Waals surface area (Å²) in [5, 5.41) is 0. The number of halogens is 1. The Morgan fingerprint density at radius 2 is 1.95 bits per heavy atom. The van der Waals surface area contributed by atoms with E-state index in [2.05, 4.69) is 32.6 Å². The number of anilines is 1. The number of ether oxygens (including phenoxy) is 2. The molecular formula is C14H16IN3O2. The number of para-hydroxylation sites is 1. The minimum atomic E-state index is 0.484. The van der Waals surface area contributed by atoms with Crippen LogP contribution in [0.2, 0.25) is 0 Å². The summed E-state index contributed by atoms with van der Waals surface area (Å²) < 4.78 is 11.6. The molecule has 0 amide bonds. The molecule has 106 valence electrons. The van der Waals surface area contributed by atoms with Crippen molar-refractivity contribution in [2.75, 3.05) is 20.0 Å². The van der Waals surface area contributed by atoms with Gasteiger partial charge in [0.05, 0.1) is 29.0 Å². The molecule has 1 heterocycles. The highest BCUT2D eigenvalue weighted by Crippen LogP contribution is 2.37. The maximum absolute atomic E-state index is 5.97. The van der Waals surface area contributed by atoms with Crippen LogP contribution in [0.3, 0.4) is 0 Å². The summed E-state index contributed by atoms with van der Waals surface area (Å²) in [6.07, 6.45) is 0.796. The topological polar surface area (TPSA) is 70.3 Å². The number of hydrogen-bond donors (Lipinski definition) is 1. The lowest BCUT2D eigenvalue weighted by Gasteiger charge is -2.13. The molecule has 0 unspecified atom stereocenters. The largest absolute Gasteiger partial charge is 0.493 e. The van der Waals surface area contributed by atoms with Gasteiger partial charge in [0, 0.05) is 0 Å². The van der Waals surface area contributed by atoms with E-state index < -0.39 is 0 Å². The van der Waals surface area contributed by atoms with E-state index in [0.29, 0.717) is 23.1 Å². The Labute approximate surface area is 131 Å². The number of benzene rings is 1. The fraction of sp³-hybridized carbons (Fsp3) is 0.286. The van der Waals surface area contributed by atoms with Gasteiger partial charge in [-0.2, -0.15) is 0 Å².